The standard InChI is InChI=1S/C13H23N5O/c1-3-5-13(6-7-14-9-13)12(19)15-8-11-17-16-10-18(11)4-2/h10,14H,3-9H2,1-2H3,(H,15,19). The van der Waals surface area contributed by atoms with Crippen molar-refractivity contribution >= 4 is 5.91 Å². The maximum absolute atomic E-state index is 12.4. The van der Waals surface area contributed by atoms with Crippen molar-refractivity contribution in [1.82, 2.24) is 25.4 Å². The largest absolute Gasteiger partial charge is 0.348 e. The van der Waals surface area contributed by atoms with Crippen LogP contribution >= 0.6 is 0 Å². The summed E-state index contributed by atoms with van der Waals surface area (Å²) in [6.07, 6.45) is 4.58. The number of nitrogens with zero attached hydrogens (tertiary/aromatic N) is 3. The van der Waals surface area contributed by atoms with Gasteiger partial charge in [-0.25, -0.2) is 0 Å². The second-order valence-electron chi connectivity index (χ2n) is 5.17. The molecule has 2 N–H and O–H groups in total. The lowest BCUT2D eigenvalue weighted by atomic mass is 9.81. The molecule has 2 heterocycles. The predicted molar refractivity (Wildman–Crippen MR) is 72.4 cm³/mol. The van der Waals surface area contributed by atoms with Crippen molar-refractivity contribution in [2.75, 3.05) is 13.1 Å². The zero-order chi connectivity index (χ0) is 13.7. The average Bonchev–Trinajstić information content (AvgIpc) is 3.05. The number of aryl methyl sites for hydroxylation is 1. The molecule has 0 saturated carbocycles. The van der Waals surface area contributed by atoms with Gasteiger partial charge in [0.05, 0.1) is 12.0 Å². The summed E-state index contributed by atoms with van der Waals surface area (Å²) in [6, 6.07) is 0. The first-order valence-corrected chi connectivity index (χ1v) is 7.07. The highest BCUT2D eigenvalue weighted by Crippen LogP contribution is 2.31. The fourth-order valence-electron chi connectivity index (χ4n) is 2.77. The lowest BCUT2D eigenvalue weighted by molar-refractivity contribution is -0.130. The Morgan fingerprint density at radius 3 is 3.05 bits per heavy atom. The Morgan fingerprint density at radius 2 is 2.42 bits per heavy atom. The van der Waals surface area contributed by atoms with Crippen molar-refractivity contribution in [3.8, 4) is 0 Å². The van der Waals surface area contributed by atoms with E-state index in [-0.39, 0.29) is 11.3 Å². The van der Waals surface area contributed by atoms with Gasteiger partial charge in [-0.05, 0) is 26.3 Å². The zero-order valence-corrected chi connectivity index (χ0v) is 11.8. The number of rotatable bonds is 6. The summed E-state index contributed by atoms with van der Waals surface area (Å²) in [4.78, 5) is 12.4. The fraction of sp³-hybridized carbons (Fsp3) is 0.769. The van der Waals surface area contributed by atoms with E-state index in [0.29, 0.717) is 6.54 Å². The molecular weight excluding hydrogens is 242 g/mol. The average molecular weight is 265 g/mol. The molecule has 6 nitrogen and oxygen atoms in total. The van der Waals surface area contributed by atoms with E-state index in [9.17, 15) is 4.79 Å². The van der Waals surface area contributed by atoms with Gasteiger partial charge in [-0.2, -0.15) is 0 Å². The summed E-state index contributed by atoms with van der Waals surface area (Å²) in [5.74, 6) is 0.957. The van der Waals surface area contributed by atoms with Crippen LogP contribution in [0.1, 0.15) is 38.9 Å². The van der Waals surface area contributed by atoms with Gasteiger partial charge in [-0.15, -0.1) is 10.2 Å². The third kappa shape index (κ3) is 2.94. The quantitative estimate of drug-likeness (QED) is 0.794. The van der Waals surface area contributed by atoms with E-state index >= 15 is 0 Å². The summed E-state index contributed by atoms with van der Waals surface area (Å²) in [6.45, 7) is 7.15. The molecule has 1 aromatic heterocycles. The van der Waals surface area contributed by atoms with Gasteiger partial charge in [-0.1, -0.05) is 13.3 Å². The highest BCUT2D eigenvalue weighted by molar-refractivity contribution is 5.83. The lowest BCUT2D eigenvalue weighted by Gasteiger charge is -2.26. The van der Waals surface area contributed by atoms with Crippen molar-refractivity contribution in [1.29, 1.82) is 0 Å². The fourth-order valence-corrected chi connectivity index (χ4v) is 2.77. The Morgan fingerprint density at radius 1 is 1.58 bits per heavy atom. The molecule has 1 unspecified atom stereocenters. The Bertz CT molecular complexity index is 422. The molecule has 1 aliphatic rings. The molecule has 1 aromatic rings. The first-order valence-electron chi connectivity index (χ1n) is 7.07. The van der Waals surface area contributed by atoms with E-state index in [2.05, 4.69) is 27.8 Å². The molecular formula is C13H23N5O. The van der Waals surface area contributed by atoms with Crippen LogP contribution in [0.25, 0.3) is 0 Å². The summed E-state index contributed by atoms with van der Waals surface area (Å²) in [5.41, 5.74) is -0.230. The molecule has 106 valence electrons. The first-order chi connectivity index (χ1) is 9.22. The van der Waals surface area contributed by atoms with Gasteiger partial charge in [0, 0.05) is 13.1 Å². The number of carbonyl (C=O) groups excluding carboxylic acids is 1. The van der Waals surface area contributed by atoms with Gasteiger partial charge in [0.25, 0.3) is 0 Å². The third-order valence-corrected chi connectivity index (χ3v) is 3.90. The van der Waals surface area contributed by atoms with Gasteiger partial charge in [0.1, 0.15) is 6.33 Å². The van der Waals surface area contributed by atoms with Crippen LogP contribution in [0.4, 0.5) is 0 Å². The molecule has 1 saturated heterocycles. The Kier molecular flexibility index (Phi) is 4.52. The zero-order valence-electron chi connectivity index (χ0n) is 11.8. The van der Waals surface area contributed by atoms with Crippen molar-refractivity contribution < 1.29 is 4.79 Å². The van der Waals surface area contributed by atoms with Crippen LogP contribution < -0.4 is 10.6 Å². The first kappa shape index (κ1) is 14.0. The maximum atomic E-state index is 12.4. The normalized spacial score (nSPS) is 22.6. The summed E-state index contributed by atoms with van der Waals surface area (Å²) >= 11 is 0. The molecule has 1 amide bonds. The molecule has 1 aliphatic heterocycles. The second-order valence-corrected chi connectivity index (χ2v) is 5.17. The van der Waals surface area contributed by atoms with Crippen LogP contribution in [-0.2, 0) is 17.9 Å². The second kappa shape index (κ2) is 6.14. The smallest absolute Gasteiger partial charge is 0.227 e. The molecule has 0 spiro atoms. The van der Waals surface area contributed by atoms with Crippen LogP contribution in [-0.4, -0.2) is 33.8 Å². The molecule has 2 rings (SSSR count). The maximum Gasteiger partial charge on any atom is 0.227 e. The minimum atomic E-state index is -0.230. The molecule has 0 aliphatic carbocycles. The number of aromatic nitrogens is 3. The summed E-state index contributed by atoms with van der Waals surface area (Å²) in [7, 11) is 0. The highest BCUT2D eigenvalue weighted by atomic mass is 16.2. The van der Waals surface area contributed by atoms with Crippen molar-refractivity contribution in [3.05, 3.63) is 12.2 Å². The van der Waals surface area contributed by atoms with E-state index < -0.39 is 0 Å². The number of nitrogens with one attached hydrogen (secondary N) is 2. The van der Waals surface area contributed by atoms with Gasteiger partial charge in [0.2, 0.25) is 5.91 Å². The van der Waals surface area contributed by atoms with Gasteiger partial charge >= 0.3 is 0 Å². The van der Waals surface area contributed by atoms with E-state index in [0.717, 1.165) is 44.7 Å². The molecule has 19 heavy (non-hydrogen) atoms. The van der Waals surface area contributed by atoms with Crippen LogP contribution in [0.15, 0.2) is 6.33 Å². The SMILES string of the molecule is CCCC1(C(=O)NCc2nncn2CC)CCNC1. The monoisotopic (exact) mass is 265 g/mol. The third-order valence-electron chi connectivity index (χ3n) is 3.90. The summed E-state index contributed by atoms with van der Waals surface area (Å²) < 4.78 is 1.94. The number of carbonyl (C=O) groups is 1. The van der Waals surface area contributed by atoms with Crippen molar-refractivity contribution in [2.45, 2.75) is 46.2 Å². The van der Waals surface area contributed by atoms with Gasteiger partial charge in [0.15, 0.2) is 5.82 Å². The molecule has 0 radical (unpaired) electrons. The van der Waals surface area contributed by atoms with Gasteiger partial charge < -0.3 is 15.2 Å². The van der Waals surface area contributed by atoms with Crippen LogP contribution in [0, 0.1) is 5.41 Å². The van der Waals surface area contributed by atoms with Crippen LogP contribution in [0.3, 0.4) is 0 Å². The number of amides is 1. The minimum absolute atomic E-state index is 0.144. The number of hydrogen-bond acceptors (Lipinski definition) is 4. The van der Waals surface area contributed by atoms with Gasteiger partial charge in [-0.3, -0.25) is 4.79 Å². The Balaban J connectivity index is 1.96. The summed E-state index contributed by atoms with van der Waals surface area (Å²) in [5, 5.41) is 14.2. The van der Waals surface area contributed by atoms with Crippen molar-refractivity contribution in [2.24, 2.45) is 5.41 Å². The minimum Gasteiger partial charge on any atom is -0.348 e. The molecule has 6 heteroatoms. The molecule has 1 fully saturated rings. The molecule has 1 atom stereocenters. The predicted octanol–water partition coefficient (Wildman–Crippen LogP) is 0.694. The Hall–Kier alpha value is -1.43. The number of hydrogen-bond donors (Lipinski definition) is 2. The highest BCUT2D eigenvalue weighted by Gasteiger charge is 2.40. The van der Waals surface area contributed by atoms with E-state index in [1.54, 1.807) is 6.33 Å². The van der Waals surface area contributed by atoms with E-state index in [1.165, 1.54) is 0 Å². The van der Waals surface area contributed by atoms with Crippen molar-refractivity contribution in [3.63, 3.8) is 0 Å². The topological polar surface area (TPSA) is 71.8 Å². The lowest BCUT2D eigenvalue weighted by Crippen LogP contribution is -2.42. The molecule has 0 bridgehead atoms. The van der Waals surface area contributed by atoms with E-state index in [1.807, 2.05) is 11.5 Å². The van der Waals surface area contributed by atoms with E-state index in [4.69, 9.17) is 0 Å². The van der Waals surface area contributed by atoms with Crippen LogP contribution in [0.5, 0.6) is 0 Å². The van der Waals surface area contributed by atoms with Crippen LogP contribution in [0.2, 0.25) is 0 Å². The Labute approximate surface area is 114 Å². The molecule has 0 aromatic carbocycles.